The van der Waals surface area contributed by atoms with E-state index in [0.717, 1.165) is 32.6 Å². The van der Waals surface area contributed by atoms with E-state index in [4.69, 9.17) is 4.74 Å². The topological polar surface area (TPSA) is 73.2 Å². The second-order valence-electron chi connectivity index (χ2n) is 8.17. The molecule has 6 nitrogen and oxygen atoms in total. The molecule has 3 fully saturated rings. The number of fused-ring (bicyclic) bond motifs is 1. The van der Waals surface area contributed by atoms with Crippen LogP contribution in [0, 0.1) is 23.7 Å². The monoisotopic (exact) mass is 326 g/mol. The van der Waals surface area contributed by atoms with Crippen molar-refractivity contribution in [3.05, 3.63) is 0 Å². The minimum atomic E-state index is -1.21. The molecule has 2 N–H and O–H groups in total. The van der Waals surface area contributed by atoms with Crippen molar-refractivity contribution in [1.29, 1.82) is 0 Å². The van der Waals surface area contributed by atoms with Crippen LogP contribution in [-0.2, 0) is 9.53 Å². The summed E-state index contributed by atoms with van der Waals surface area (Å²) in [5.41, 5.74) is -0.624. The molecule has 0 aromatic rings. The predicted octanol–water partition coefficient (Wildman–Crippen LogP) is 0.485. The minimum Gasteiger partial charge on any atom is -0.444 e. The van der Waals surface area contributed by atoms with Gasteiger partial charge in [-0.15, -0.1) is 0 Å². The van der Waals surface area contributed by atoms with Crippen LogP contribution in [0.15, 0.2) is 0 Å². The van der Waals surface area contributed by atoms with Crippen LogP contribution in [0.25, 0.3) is 0 Å². The number of piperidine rings is 1. The minimum absolute atomic E-state index is 0.00665. The highest BCUT2D eigenvalue weighted by Crippen LogP contribution is 2.54. The van der Waals surface area contributed by atoms with Gasteiger partial charge in [0.15, 0.2) is 12.0 Å². The summed E-state index contributed by atoms with van der Waals surface area (Å²) in [5, 5.41) is 18.6. The number of nitrogens with zero attached hydrogens (tertiary/aromatic N) is 2. The third-order valence-corrected chi connectivity index (χ3v) is 6.00. The van der Waals surface area contributed by atoms with E-state index in [-0.39, 0.29) is 17.8 Å². The highest BCUT2D eigenvalue weighted by Gasteiger charge is 2.60. The van der Waals surface area contributed by atoms with Gasteiger partial charge in [-0.2, -0.15) is 0 Å². The molecular weight excluding hydrogens is 296 g/mol. The zero-order valence-electron chi connectivity index (χ0n) is 14.6. The van der Waals surface area contributed by atoms with Gasteiger partial charge in [0.2, 0.25) is 0 Å². The van der Waals surface area contributed by atoms with Gasteiger partial charge in [0.05, 0.1) is 5.92 Å². The Morgan fingerprint density at radius 3 is 2.26 bits per heavy atom. The Balaban J connectivity index is 1.51. The molecule has 0 amide bonds. The lowest BCUT2D eigenvalue weighted by atomic mass is 10.1. The number of likely N-dealkylation sites (tertiary alicyclic amines) is 2. The second kappa shape index (κ2) is 5.99. The zero-order valence-corrected chi connectivity index (χ0v) is 14.6. The first-order chi connectivity index (χ1) is 10.7. The van der Waals surface area contributed by atoms with Crippen molar-refractivity contribution in [1.82, 2.24) is 9.80 Å². The first-order valence-corrected chi connectivity index (χ1v) is 8.79. The number of hydrogen-bond acceptors (Lipinski definition) is 6. The summed E-state index contributed by atoms with van der Waals surface area (Å²) in [7, 11) is 0. The van der Waals surface area contributed by atoms with E-state index in [1.807, 2.05) is 13.8 Å². The van der Waals surface area contributed by atoms with Gasteiger partial charge >= 0.3 is 5.97 Å². The second-order valence-corrected chi connectivity index (χ2v) is 8.17. The predicted molar refractivity (Wildman–Crippen MR) is 85.3 cm³/mol. The van der Waals surface area contributed by atoms with Gasteiger partial charge < -0.3 is 19.8 Å². The van der Waals surface area contributed by atoms with Crippen LogP contribution < -0.4 is 0 Å². The lowest BCUT2D eigenvalue weighted by Crippen LogP contribution is -2.48. The van der Waals surface area contributed by atoms with Gasteiger partial charge in [-0.05, 0) is 52.5 Å². The Bertz CT molecular complexity index is 454. The molecule has 1 aliphatic carbocycles. The Morgan fingerprint density at radius 1 is 1.17 bits per heavy atom. The van der Waals surface area contributed by atoms with Crippen LogP contribution in [0.3, 0.4) is 0 Å². The summed E-state index contributed by atoms with van der Waals surface area (Å²) < 4.78 is 5.83. The van der Waals surface area contributed by atoms with Crippen molar-refractivity contribution >= 4 is 5.97 Å². The lowest BCUT2D eigenvalue weighted by Gasteiger charge is -2.37. The van der Waals surface area contributed by atoms with Crippen LogP contribution >= 0.6 is 0 Å². The number of esters is 1. The molecule has 3 atom stereocenters. The maximum Gasteiger partial charge on any atom is 0.312 e. The summed E-state index contributed by atoms with van der Waals surface area (Å²) in [6.07, 6.45) is -0.338. The standard InChI is InChI=1S/C17H30N2O4/c1-10(2)18-6-5-11(7-18)16(22)23-17(3,4)19-8-12-13(9-19)14(12)15(20)21/h10-15,20-21H,5-9H2,1-4H3. The van der Waals surface area contributed by atoms with Crippen molar-refractivity contribution in [2.45, 2.75) is 52.2 Å². The van der Waals surface area contributed by atoms with E-state index in [0.29, 0.717) is 17.9 Å². The van der Waals surface area contributed by atoms with E-state index in [1.165, 1.54) is 0 Å². The molecule has 6 heteroatoms. The van der Waals surface area contributed by atoms with Gasteiger partial charge in [-0.25, -0.2) is 0 Å². The largest absolute Gasteiger partial charge is 0.444 e. The van der Waals surface area contributed by atoms with Gasteiger partial charge in [0, 0.05) is 31.6 Å². The van der Waals surface area contributed by atoms with E-state index in [1.54, 1.807) is 0 Å². The van der Waals surface area contributed by atoms with Crippen molar-refractivity contribution in [2.75, 3.05) is 26.2 Å². The quantitative estimate of drug-likeness (QED) is 0.566. The van der Waals surface area contributed by atoms with E-state index in [2.05, 4.69) is 23.6 Å². The molecule has 0 aromatic carbocycles. The summed E-state index contributed by atoms with van der Waals surface area (Å²) in [6, 6.07) is 0.466. The number of aliphatic hydroxyl groups is 2. The van der Waals surface area contributed by atoms with Crippen LogP contribution in [0.1, 0.15) is 34.1 Å². The van der Waals surface area contributed by atoms with Crippen molar-refractivity contribution < 1.29 is 19.7 Å². The Labute approximate surface area is 138 Å². The smallest absolute Gasteiger partial charge is 0.312 e. The zero-order chi connectivity index (χ0) is 16.9. The molecule has 2 saturated heterocycles. The molecule has 23 heavy (non-hydrogen) atoms. The highest BCUT2D eigenvalue weighted by molar-refractivity contribution is 5.73. The fourth-order valence-corrected chi connectivity index (χ4v) is 4.30. The SMILES string of the molecule is CC(C)N1CCC(C(=O)OC(C)(C)N2CC3C(C2)C3C(O)O)C1. The summed E-state index contributed by atoms with van der Waals surface area (Å²) in [4.78, 5) is 17.0. The molecule has 132 valence electrons. The molecule has 3 aliphatic rings. The van der Waals surface area contributed by atoms with E-state index < -0.39 is 12.0 Å². The summed E-state index contributed by atoms with van der Waals surface area (Å²) >= 11 is 0. The van der Waals surface area contributed by atoms with Crippen LogP contribution in [0.5, 0.6) is 0 Å². The molecule has 2 aliphatic heterocycles. The maximum absolute atomic E-state index is 12.5. The van der Waals surface area contributed by atoms with Crippen molar-refractivity contribution in [3.63, 3.8) is 0 Å². The van der Waals surface area contributed by atoms with Crippen LogP contribution in [0.4, 0.5) is 0 Å². The molecule has 3 rings (SSSR count). The maximum atomic E-state index is 12.5. The van der Waals surface area contributed by atoms with Gasteiger partial charge in [0.1, 0.15) is 0 Å². The number of aliphatic hydroxyl groups excluding tert-OH is 1. The van der Waals surface area contributed by atoms with Crippen LogP contribution in [-0.4, -0.2) is 70.2 Å². The third-order valence-electron chi connectivity index (χ3n) is 6.00. The van der Waals surface area contributed by atoms with E-state index >= 15 is 0 Å². The Kier molecular flexibility index (Phi) is 4.46. The number of carbonyl (C=O) groups is 1. The molecular formula is C17H30N2O4. The van der Waals surface area contributed by atoms with Gasteiger partial charge in [-0.3, -0.25) is 9.69 Å². The molecule has 0 bridgehead atoms. The average molecular weight is 326 g/mol. The number of hydrogen-bond donors (Lipinski definition) is 2. The van der Waals surface area contributed by atoms with Gasteiger partial charge in [-0.1, -0.05) is 0 Å². The lowest BCUT2D eigenvalue weighted by molar-refractivity contribution is -0.182. The fraction of sp³-hybridized carbons (Fsp3) is 0.941. The Hall–Kier alpha value is -0.690. The number of rotatable bonds is 5. The fourth-order valence-electron chi connectivity index (χ4n) is 4.30. The van der Waals surface area contributed by atoms with Crippen LogP contribution in [0.2, 0.25) is 0 Å². The summed E-state index contributed by atoms with van der Waals surface area (Å²) in [5.74, 6) is 0.539. The van der Waals surface area contributed by atoms with Crippen molar-refractivity contribution in [3.8, 4) is 0 Å². The first kappa shape index (κ1) is 17.1. The first-order valence-electron chi connectivity index (χ1n) is 8.79. The molecule has 0 aromatic heterocycles. The molecule has 0 radical (unpaired) electrons. The number of ether oxygens (including phenoxy) is 1. The molecule has 2 heterocycles. The normalized spacial score (nSPS) is 35.1. The molecule has 3 unspecified atom stereocenters. The average Bonchev–Trinajstić information content (AvgIpc) is 2.84. The highest BCUT2D eigenvalue weighted by atomic mass is 16.6. The molecule has 0 spiro atoms. The summed E-state index contributed by atoms with van der Waals surface area (Å²) in [6.45, 7) is 11.5. The van der Waals surface area contributed by atoms with Gasteiger partial charge in [0.25, 0.3) is 0 Å². The van der Waals surface area contributed by atoms with E-state index in [9.17, 15) is 15.0 Å². The van der Waals surface area contributed by atoms with Crippen molar-refractivity contribution in [2.24, 2.45) is 23.7 Å². The third kappa shape index (κ3) is 3.27. The Morgan fingerprint density at radius 2 is 1.78 bits per heavy atom. The number of carbonyl (C=O) groups excluding carboxylic acids is 1. The molecule has 1 saturated carbocycles.